The van der Waals surface area contributed by atoms with Crippen LogP contribution in [0.2, 0.25) is 0 Å². The van der Waals surface area contributed by atoms with E-state index in [0.29, 0.717) is 4.59 Å². The van der Waals surface area contributed by atoms with Crippen LogP contribution in [0.15, 0.2) is 29.3 Å². The molecule has 0 radical (unpaired) electrons. The van der Waals surface area contributed by atoms with Gasteiger partial charge in [-0.15, -0.1) is 4.59 Å². The highest BCUT2D eigenvalue weighted by Crippen LogP contribution is 2.19. The van der Waals surface area contributed by atoms with Crippen molar-refractivity contribution in [3.05, 3.63) is 24.3 Å². The van der Waals surface area contributed by atoms with Crippen molar-refractivity contribution in [2.45, 2.75) is 0 Å². The Morgan fingerprint density at radius 1 is 1.70 bits per heavy atom. The summed E-state index contributed by atoms with van der Waals surface area (Å²) in [5.74, 6) is 1.66. The van der Waals surface area contributed by atoms with Gasteiger partial charge in [-0.2, -0.15) is 4.99 Å². The Bertz CT molecular complexity index is 263. The molecule has 2 heterocycles. The molecule has 2 aliphatic heterocycles. The van der Waals surface area contributed by atoms with Crippen LogP contribution in [0.5, 0.6) is 0 Å². The minimum absolute atomic E-state index is 0.431. The van der Waals surface area contributed by atoms with Crippen molar-refractivity contribution in [2.75, 3.05) is 7.05 Å². The molecule has 0 spiro atoms. The summed E-state index contributed by atoms with van der Waals surface area (Å²) >= 11 is 0. The lowest BCUT2D eigenvalue weighted by molar-refractivity contribution is -0.816. The van der Waals surface area contributed by atoms with Gasteiger partial charge in [0.2, 0.25) is 5.82 Å². The lowest BCUT2D eigenvalue weighted by Crippen LogP contribution is -2.52. The molecule has 0 saturated heterocycles. The number of nitrogens with zero attached hydrogens (tertiary/aromatic N) is 2. The van der Waals surface area contributed by atoms with E-state index in [1.165, 1.54) is 0 Å². The van der Waals surface area contributed by atoms with E-state index in [-0.39, 0.29) is 0 Å². The molecule has 3 N–H and O–H groups in total. The van der Waals surface area contributed by atoms with Gasteiger partial charge in [0.05, 0.1) is 6.20 Å². The second kappa shape index (κ2) is 1.41. The predicted octanol–water partition coefficient (Wildman–Crippen LogP) is -0.365. The molecule has 4 nitrogen and oxygen atoms in total. The van der Waals surface area contributed by atoms with Gasteiger partial charge in [0.1, 0.15) is 13.2 Å². The molecule has 0 bridgehead atoms. The van der Waals surface area contributed by atoms with Crippen molar-refractivity contribution < 1.29 is 4.59 Å². The minimum Gasteiger partial charge on any atom is -0.351 e. The third kappa shape index (κ3) is 0.424. The summed E-state index contributed by atoms with van der Waals surface area (Å²) < 4.78 is 0.431. The number of rotatable bonds is 0. The number of aliphatic imine (C=N–C) groups is 1. The molecule has 0 aliphatic carbocycles. The second-order valence-corrected chi connectivity index (χ2v) is 2.51. The van der Waals surface area contributed by atoms with E-state index in [9.17, 15) is 0 Å². The van der Waals surface area contributed by atoms with Crippen LogP contribution in [0.3, 0.4) is 0 Å². The summed E-state index contributed by atoms with van der Waals surface area (Å²) in [5.41, 5.74) is 8.75. The number of nitrogens with one attached hydrogen (secondary N) is 1. The van der Waals surface area contributed by atoms with Crippen molar-refractivity contribution >= 4 is 5.84 Å². The first kappa shape index (κ1) is 5.49. The van der Waals surface area contributed by atoms with Gasteiger partial charge in [-0.1, -0.05) is 0 Å². The smallest absolute Gasteiger partial charge is 0.260 e. The van der Waals surface area contributed by atoms with Crippen LogP contribution < -0.4 is 11.2 Å². The Morgan fingerprint density at radius 2 is 2.50 bits per heavy atom. The number of nitrogens with two attached hydrogens (primary N) is 1. The monoisotopic (exact) mass is 137 g/mol. The molecular weight excluding hydrogens is 128 g/mol. The molecule has 10 heavy (non-hydrogen) atoms. The molecule has 2 aliphatic rings. The van der Waals surface area contributed by atoms with Crippen LogP contribution >= 0.6 is 0 Å². The van der Waals surface area contributed by atoms with Crippen LogP contribution in [0.1, 0.15) is 0 Å². The van der Waals surface area contributed by atoms with Crippen LogP contribution in [0.25, 0.3) is 0 Å². The molecule has 0 saturated carbocycles. The van der Waals surface area contributed by atoms with E-state index < -0.39 is 0 Å². The normalized spacial score (nSPS) is 34.9. The quantitative estimate of drug-likeness (QED) is 0.448. The average molecular weight is 137 g/mol. The fourth-order valence-electron chi connectivity index (χ4n) is 1.09. The highest BCUT2D eigenvalue weighted by atomic mass is 15.7. The lowest BCUT2D eigenvalue weighted by atomic mass is 10.5. The van der Waals surface area contributed by atoms with Crippen LogP contribution in [-0.2, 0) is 0 Å². The maximum atomic E-state index is 5.67. The maximum absolute atomic E-state index is 5.67. The van der Waals surface area contributed by atoms with Crippen molar-refractivity contribution in [1.82, 2.24) is 5.43 Å². The molecule has 1 unspecified atom stereocenters. The fourth-order valence-corrected chi connectivity index (χ4v) is 1.09. The average Bonchev–Trinajstić information content (AvgIpc) is 2.36. The first-order valence-electron chi connectivity index (χ1n) is 3.09. The first-order valence-corrected chi connectivity index (χ1v) is 3.09. The molecule has 0 aromatic heterocycles. The van der Waals surface area contributed by atoms with Crippen LogP contribution in [-0.4, -0.2) is 17.5 Å². The minimum atomic E-state index is 0.431. The molecular formula is C6H9N4+. The largest absolute Gasteiger partial charge is 0.351 e. The van der Waals surface area contributed by atoms with Gasteiger partial charge in [-0.05, 0) is 0 Å². The van der Waals surface area contributed by atoms with E-state index in [0.717, 1.165) is 11.7 Å². The number of hydrogen-bond acceptors (Lipinski definition) is 3. The van der Waals surface area contributed by atoms with Gasteiger partial charge in [0, 0.05) is 6.08 Å². The summed E-state index contributed by atoms with van der Waals surface area (Å²) in [4.78, 5) is 4.10. The van der Waals surface area contributed by atoms with Gasteiger partial charge in [0.25, 0.3) is 5.84 Å². The van der Waals surface area contributed by atoms with Crippen molar-refractivity contribution in [3.8, 4) is 0 Å². The molecule has 2 rings (SSSR count). The second-order valence-electron chi connectivity index (χ2n) is 2.51. The van der Waals surface area contributed by atoms with Crippen LogP contribution in [0, 0.1) is 0 Å². The summed E-state index contributed by atoms with van der Waals surface area (Å²) in [7, 11) is 1.96. The van der Waals surface area contributed by atoms with Crippen molar-refractivity contribution in [1.29, 1.82) is 0 Å². The summed E-state index contributed by atoms with van der Waals surface area (Å²) in [6, 6.07) is 0. The Hall–Kier alpha value is -1.29. The van der Waals surface area contributed by atoms with Crippen molar-refractivity contribution in [2.24, 2.45) is 10.7 Å². The standard InChI is InChI=1S/C6H9N4/c1-10-5(7)4-8-6(10)2-3-9-10/h2-4,9H,7H2,1H3/q+1. The van der Waals surface area contributed by atoms with E-state index in [1.54, 1.807) is 6.20 Å². The molecule has 1 atom stereocenters. The first-order chi connectivity index (χ1) is 4.73. The topological polar surface area (TPSA) is 50.4 Å². The summed E-state index contributed by atoms with van der Waals surface area (Å²) in [6.07, 6.45) is 5.43. The van der Waals surface area contributed by atoms with Gasteiger partial charge in [0.15, 0.2) is 0 Å². The molecule has 0 aromatic carbocycles. The maximum Gasteiger partial charge on any atom is 0.260 e. The molecule has 4 heteroatoms. The fraction of sp³-hybridized carbons (Fsp3) is 0.167. The third-order valence-corrected chi connectivity index (χ3v) is 1.87. The number of hydrogen-bond donors (Lipinski definition) is 2. The molecule has 0 aromatic rings. The summed E-state index contributed by atoms with van der Waals surface area (Å²) in [6.45, 7) is 0. The number of likely N-dealkylation sites (N-methyl/N-ethyl adjacent to an activating group) is 1. The van der Waals surface area contributed by atoms with Gasteiger partial charge in [-0.3, -0.25) is 0 Å². The third-order valence-electron chi connectivity index (χ3n) is 1.87. The van der Waals surface area contributed by atoms with Gasteiger partial charge >= 0.3 is 0 Å². The molecule has 0 fully saturated rings. The van der Waals surface area contributed by atoms with E-state index >= 15 is 0 Å². The zero-order valence-electron chi connectivity index (χ0n) is 5.70. The number of quaternary nitrogens is 1. The van der Waals surface area contributed by atoms with Crippen molar-refractivity contribution in [3.63, 3.8) is 0 Å². The Balaban J connectivity index is 2.48. The van der Waals surface area contributed by atoms with Crippen LogP contribution in [0.4, 0.5) is 0 Å². The van der Waals surface area contributed by atoms with E-state index in [1.807, 2.05) is 19.3 Å². The van der Waals surface area contributed by atoms with Gasteiger partial charge in [-0.25, -0.2) is 5.43 Å². The SMILES string of the molecule is C[N+]12NC=CC1=NC=C2N. The van der Waals surface area contributed by atoms with E-state index in [4.69, 9.17) is 5.73 Å². The Kier molecular flexibility index (Phi) is 0.772. The van der Waals surface area contributed by atoms with E-state index in [2.05, 4.69) is 10.4 Å². The zero-order valence-corrected chi connectivity index (χ0v) is 5.70. The Labute approximate surface area is 58.9 Å². The lowest BCUT2D eigenvalue weighted by Gasteiger charge is -2.22. The predicted molar refractivity (Wildman–Crippen MR) is 38.2 cm³/mol. The highest BCUT2D eigenvalue weighted by molar-refractivity contribution is 5.90. The summed E-state index contributed by atoms with van der Waals surface area (Å²) in [5, 5.41) is 0. The molecule has 52 valence electrons. The van der Waals surface area contributed by atoms with Gasteiger partial charge < -0.3 is 5.73 Å². The highest BCUT2D eigenvalue weighted by Gasteiger charge is 2.38. The Morgan fingerprint density at radius 3 is 3.20 bits per heavy atom. The number of fused-ring (bicyclic) bond motifs is 1. The zero-order chi connectivity index (χ0) is 7.19. The number of amidine groups is 1. The molecule has 0 amide bonds.